The Hall–Kier alpha value is -1.18. The summed E-state index contributed by atoms with van der Waals surface area (Å²) in [5.74, 6) is -0.0134. The Balaban J connectivity index is 3.37. The molecule has 0 saturated heterocycles. The largest absolute Gasteiger partial charge is 0.395 e. The van der Waals surface area contributed by atoms with Crippen molar-refractivity contribution in [2.24, 2.45) is 11.5 Å². The Morgan fingerprint density at radius 1 is 0.447 bits per heavy atom. The summed E-state index contributed by atoms with van der Waals surface area (Å²) >= 11 is 0. The molecule has 7 heteroatoms. The zero-order chi connectivity index (χ0) is 34.3. The molecule has 0 saturated carbocycles. The monoisotopic (exact) mass is 667 g/mol. The van der Waals surface area contributed by atoms with E-state index in [1.807, 2.05) is 0 Å². The molecule has 0 aromatic rings. The van der Waals surface area contributed by atoms with Crippen LogP contribution in [-0.4, -0.2) is 61.2 Å². The third kappa shape index (κ3) is 39.1. The number of primary amides is 1. The van der Waals surface area contributed by atoms with Crippen molar-refractivity contribution in [1.29, 1.82) is 0 Å². The molecule has 0 radical (unpaired) electrons. The Kier molecular flexibility index (Phi) is 38.3. The number of aliphatic hydroxyl groups is 1. The first-order valence-corrected chi connectivity index (χ1v) is 20.7. The van der Waals surface area contributed by atoms with E-state index in [9.17, 15) is 14.7 Å². The minimum atomic E-state index is -0.162. The second kappa shape index (κ2) is 39.3. The van der Waals surface area contributed by atoms with E-state index >= 15 is 0 Å². The number of amides is 2. The van der Waals surface area contributed by atoms with Crippen LogP contribution in [0.3, 0.4) is 0 Å². The molecule has 0 aliphatic heterocycles. The smallest absolute Gasteiger partial charge is 0.220 e. The molecule has 0 aliphatic carbocycles. The zero-order valence-electron chi connectivity index (χ0n) is 31.2. The minimum Gasteiger partial charge on any atom is -0.395 e. The van der Waals surface area contributed by atoms with Gasteiger partial charge in [0.1, 0.15) is 0 Å². The van der Waals surface area contributed by atoms with Crippen LogP contribution in [0.2, 0.25) is 0 Å². The number of nitrogens with zero attached hydrogens (tertiary/aromatic N) is 1. The molecule has 0 heterocycles. The van der Waals surface area contributed by atoms with Gasteiger partial charge in [-0.3, -0.25) is 9.59 Å². The van der Waals surface area contributed by atoms with Gasteiger partial charge in [0.25, 0.3) is 0 Å². The van der Waals surface area contributed by atoms with Gasteiger partial charge < -0.3 is 26.8 Å². The number of carbonyl (C=O) groups is 2. The molecule has 280 valence electrons. The second-order valence-electron chi connectivity index (χ2n) is 14.3. The van der Waals surface area contributed by atoms with Crippen LogP contribution in [-0.2, 0) is 9.59 Å². The quantitative estimate of drug-likeness (QED) is 0.0486. The summed E-state index contributed by atoms with van der Waals surface area (Å²) < 4.78 is 0. The highest BCUT2D eigenvalue weighted by Crippen LogP contribution is 2.16. The topological polar surface area (TPSA) is 122 Å². The van der Waals surface area contributed by atoms with Crippen molar-refractivity contribution in [3.05, 3.63) is 0 Å². The molecule has 0 aromatic carbocycles. The van der Waals surface area contributed by atoms with Crippen molar-refractivity contribution in [3.63, 3.8) is 0 Å². The fourth-order valence-electron chi connectivity index (χ4n) is 6.63. The van der Waals surface area contributed by atoms with Crippen molar-refractivity contribution >= 4 is 11.8 Å². The van der Waals surface area contributed by atoms with E-state index < -0.39 is 0 Å². The molecule has 0 spiro atoms. The van der Waals surface area contributed by atoms with Crippen molar-refractivity contribution in [2.45, 2.75) is 205 Å². The van der Waals surface area contributed by atoms with Crippen LogP contribution in [0.4, 0.5) is 0 Å². The van der Waals surface area contributed by atoms with Crippen LogP contribution in [0, 0.1) is 0 Å². The predicted octanol–water partition coefficient (Wildman–Crippen LogP) is 9.32. The number of nitrogens with two attached hydrogens (primary N) is 2. The molecular formula is C40H82N4O3. The summed E-state index contributed by atoms with van der Waals surface area (Å²) in [6, 6.07) is 0. The molecule has 0 aromatic heterocycles. The summed E-state index contributed by atoms with van der Waals surface area (Å²) in [7, 11) is 0. The van der Waals surface area contributed by atoms with Crippen molar-refractivity contribution < 1.29 is 14.7 Å². The molecule has 0 fully saturated rings. The SMILES string of the molecule is NCCNC(=O)CCCCCCCCCCCCCCCCCN(CCO)CCCCCCCCCCCCCCCCCC(N)=O. The maximum atomic E-state index is 11.5. The van der Waals surface area contributed by atoms with Gasteiger partial charge in [-0.1, -0.05) is 167 Å². The standard InChI is InChI=1S/C40H82N4O3/c41-33-34-43-40(47)32-28-24-20-16-12-8-4-2-6-10-14-18-22-26-30-36-44(37-38-45)35-29-25-21-17-13-9-5-1-3-7-11-15-19-23-27-31-39(42)46/h45H,1-38,41H2,(H2,42,46)(H,43,47). The molecule has 0 bridgehead atoms. The van der Waals surface area contributed by atoms with Gasteiger partial charge in [-0.05, 0) is 38.8 Å². The highest BCUT2D eigenvalue weighted by Gasteiger charge is 2.05. The van der Waals surface area contributed by atoms with Gasteiger partial charge in [-0.15, -0.1) is 0 Å². The van der Waals surface area contributed by atoms with E-state index in [0.29, 0.717) is 25.9 Å². The van der Waals surface area contributed by atoms with Crippen LogP contribution in [0.15, 0.2) is 0 Å². The van der Waals surface area contributed by atoms with E-state index in [4.69, 9.17) is 11.5 Å². The molecule has 0 rings (SSSR count). The Morgan fingerprint density at radius 3 is 1.04 bits per heavy atom. The van der Waals surface area contributed by atoms with Crippen LogP contribution in [0.1, 0.15) is 205 Å². The van der Waals surface area contributed by atoms with Gasteiger partial charge in [0.15, 0.2) is 0 Å². The Bertz CT molecular complexity index is 649. The summed E-state index contributed by atoms with van der Waals surface area (Å²) in [6.07, 6.45) is 40.6. The molecule has 6 N–H and O–H groups in total. The number of hydrogen-bond donors (Lipinski definition) is 4. The van der Waals surface area contributed by atoms with Gasteiger partial charge in [0, 0.05) is 32.5 Å². The third-order valence-corrected chi connectivity index (χ3v) is 9.66. The van der Waals surface area contributed by atoms with Crippen molar-refractivity contribution in [3.8, 4) is 0 Å². The van der Waals surface area contributed by atoms with Crippen LogP contribution in [0.25, 0.3) is 0 Å². The van der Waals surface area contributed by atoms with Crippen molar-refractivity contribution in [1.82, 2.24) is 10.2 Å². The lowest BCUT2D eigenvalue weighted by atomic mass is 10.0. The molecule has 7 nitrogen and oxygen atoms in total. The predicted molar refractivity (Wildman–Crippen MR) is 203 cm³/mol. The van der Waals surface area contributed by atoms with Crippen LogP contribution < -0.4 is 16.8 Å². The summed E-state index contributed by atoms with van der Waals surface area (Å²) in [4.78, 5) is 24.8. The first-order chi connectivity index (χ1) is 23.1. The summed E-state index contributed by atoms with van der Waals surface area (Å²) in [5, 5.41) is 12.3. The first-order valence-electron chi connectivity index (χ1n) is 20.7. The molecule has 2 amide bonds. The molecule has 0 unspecified atom stereocenters. The number of nitrogens with one attached hydrogen (secondary N) is 1. The molecule has 0 atom stereocenters. The Labute approximate surface area is 292 Å². The van der Waals surface area contributed by atoms with E-state index in [1.54, 1.807) is 0 Å². The van der Waals surface area contributed by atoms with Gasteiger partial charge in [-0.2, -0.15) is 0 Å². The summed E-state index contributed by atoms with van der Waals surface area (Å²) in [6.45, 7) is 4.54. The number of carbonyl (C=O) groups excluding carboxylic acids is 2. The average Bonchev–Trinajstić information content (AvgIpc) is 3.06. The third-order valence-electron chi connectivity index (χ3n) is 9.66. The number of aliphatic hydroxyl groups excluding tert-OH is 1. The minimum absolute atomic E-state index is 0.149. The normalized spacial score (nSPS) is 11.5. The van der Waals surface area contributed by atoms with Gasteiger partial charge in [0.2, 0.25) is 11.8 Å². The fraction of sp³-hybridized carbons (Fsp3) is 0.950. The first kappa shape index (κ1) is 45.8. The lowest BCUT2D eigenvalue weighted by Crippen LogP contribution is -2.29. The van der Waals surface area contributed by atoms with E-state index in [0.717, 1.165) is 38.9 Å². The summed E-state index contributed by atoms with van der Waals surface area (Å²) in [5.41, 5.74) is 10.6. The van der Waals surface area contributed by atoms with Gasteiger partial charge in [0.05, 0.1) is 6.61 Å². The Morgan fingerprint density at radius 2 is 0.745 bits per heavy atom. The van der Waals surface area contributed by atoms with E-state index in [1.165, 1.54) is 173 Å². The van der Waals surface area contributed by atoms with E-state index in [2.05, 4.69) is 10.2 Å². The lowest BCUT2D eigenvalue weighted by Gasteiger charge is -2.21. The lowest BCUT2D eigenvalue weighted by molar-refractivity contribution is -0.121. The maximum absolute atomic E-state index is 11.5. The number of unbranched alkanes of at least 4 members (excludes halogenated alkanes) is 28. The van der Waals surface area contributed by atoms with Crippen molar-refractivity contribution in [2.75, 3.05) is 39.3 Å². The molecular weight excluding hydrogens is 584 g/mol. The highest BCUT2D eigenvalue weighted by atomic mass is 16.3. The van der Waals surface area contributed by atoms with Gasteiger partial charge in [-0.25, -0.2) is 0 Å². The fourth-order valence-corrected chi connectivity index (χ4v) is 6.63. The molecule has 0 aliphatic rings. The van der Waals surface area contributed by atoms with Crippen LogP contribution >= 0.6 is 0 Å². The van der Waals surface area contributed by atoms with E-state index in [-0.39, 0.29) is 18.4 Å². The zero-order valence-corrected chi connectivity index (χ0v) is 31.2. The number of rotatable bonds is 40. The number of hydrogen-bond acceptors (Lipinski definition) is 5. The highest BCUT2D eigenvalue weighted by molar-refractivity contribution is 5.75. The second-order valence-corrected chi connectivity index (χ2v) is 14.3. The van der Waals surface area contributed by atoms with Crippen LogP contribution in [0.5, 0.6) is 0 Å². The average molecular weight is 667 g/mol. The maximum Gasteiger partial charge on any atom is 0.220 e. The van der Waals surface area contributed by atoms with Gasteiger partial charge >= 0.3 is 0 Å². The molecule has 47 heavy (non-hydrogen) atoms.